The summed E-state index contributed by atoms with van der Waals surface area (Å²) in [6, 6.07) is 0. The molecule has 1 unspecified atom stereocenters. The van der Waals surface area contributed by atoms with Gasteiger partial charge in [0.25, 0.3) is 0 Å². The van der Waals surface area contributed by atoms with E-state index in [0.717, 1.165) is 10.9 Å². The molecule has 3 heteroatoms. The van der Waals surface area contributed by atoms with Crippen LogP contribution in [0.5, 0.6) is 0 Å². The molecule has 0 spiro atoms. The van der Waals surface area contributed by atoms with E-state index in [1.807, 2.05) is 13.8 Å². The van der Waals surface area contributed by atoms with E-state index in [0.29, 0.717) is 6.67 Å². The Hall–Kier alpha value is -0.570. The molecule has 0 fully saturated rings. The van der Waals surface area contributed by atoms with E-state index in [-0.39, 0.29) is 11.8 Å². The van der Waals surface area contributed by atoms with Crippen LogP contribution in [0, 0.1) is 5.92 Å². The van der Waals surface area contributed by atoms with Gasteiger partial charge in [0.2, 0.25) is 5.91 Å². The Balaban J connectivity index is 3.72. The number of carbonyl (C=O) groups excluding carboxylic acids is 1. The minimum Gasteiger partial charge on any atom is -0.314 e. The highest BCUT2D eigenvalue weighted by Gasteiger charge is 2.13. The summed E-state index contributed by atoms with van der Waals surface area (Å²) in [6.07, 6.45) is 0.906. The second kappa shape index (κ2) is 4.45. The van der Waals surface area contributed by atoms with Crippen LogP contribution in [0.25, 0.3) is 0 Å². The third-order valence-corrected chi connectivity index (χ3v) is 1.79. The fraction of sp³-hybridized carbons (Fsp3) is 0.889. The topological polar surface area (TPSA) is 29.1 Å². The average molecular weight is 173 g/mol. The fourth-order valence-electron chi connectivity index (χ4n) is 0.675. The van der Waals surface area contributed by atoms with E-state index in [1.54, 1.807) is 0 Å². The molecule has 0 saturated carbocycles. The molecule has 3 nitrogen and oxygen atoms in total. The highest BCUT2D eigenvalue weighted by Crippen LogP contribution is 1.99. The van der Waals surface area contributed by atoms with E-state index >= 15 is 0 Å². The van der Waals surface area contributed by atoms with Gasteiger partial charge in [0.15, 0.2) is 6.67 Å². The molecule has 1 N–H and O–H groups in total. The van der Waals surface area contributed by atoms with Crippen molar-refractivity contribution in [3.05, 3.63) is 0 Å². The van der Waals surface area contributed by atoms with Crippen molar-refractivity contribution in [2.75, 3.05) is 27.8 Å². The maximum Gasteiger partial charge on any atom is 0.227 e. The fourth-order valence-corrected chi connectivity index (χ4v) is 0.675. The Bertz CT molecular complexity index is 149. The zero-order chi connectivity index (χ0) is 9.78. The number of nitrogens with one attached hydrogen (secondary N) is 1. The summed E-state index contributed by atoms with van der Waals surface area (Å²) in [5.41, 5.74) is 0. The van der Waals surface area contributed by atoms with Crippen LogP contribution in [-0.2, 0) is 4.79 Å². The van der Waals surface area contributed by atoms with Crippen LogP contribution >= 0.6 is 0 Å². The molecule has 0 aliphatic heterocycles. The van der Waals surface area contributed by atoms with Crippen molar-refractivity contribution in [2.45, 2.75) is 20.3 Å². The predicted molar refractivity (Wildman–Crippen MR) is 50.5 cm³/mol. The summed E-state index contributed by atoms with van der Waals surface area (Å²) in [5.74, 6) is 0.294. The molecule has 0 heterocycles. The molecule has 0 aromatic heterocycles. The normalized spacial score (nSPS) is 14.1. The monoisotopic (exact) mass is 173 g/mol. The van der Waals surface area contributed by atoms with Crippen molar-refractivity contribution < 1.29 is 9.28 Å². The van der Waals surface area contributed by atoms with Crippen LogP contribution in [0.1, 0.15) is 20.3 Å². The van der Waals surface area contributed by atoms with Gasteiger partial charge in [0.1, 0.15) is 0 Å². The van der Waals surface area contributed by atoms with Crippen molar-refractivity contribution in [3.8, 4) is 0 Å². The van der Waals surface area contributed by atoms with Gasteiger partial charge in [-0.3, -0.25) is 4.79 Å². The molecule has 0 aliphatic rings. The number of carbonyl (C=O) groups is 1. The maximum absolute atomic E-state index is 11.3. The van der Waals surface area contributed by atoms with Crippen LogP contribution in [0.3, 0.4) is 0 Å². The Labute approximate surface area is 75.3 Å². The Morgan fingerprint density at radius 1 is 1.42 bits per heavy atom. The van der Waals surface area contributed by atoms with Crippen LogP contribution in [0.15, 0.2) is 0 Å². The summed E-state index contributed by atoms with van der Waals surface area (Å²) < 4.78 is 0.766. The van der Waals surface area contributed by atoms with Crippen LogP contribution < -0.4 is 5.32 Å². The smallest absolute Gasteiger partial charge is 0.227 e. The largest absolute Gasteiger partial charge is 0.314 e. The van der Waals surface area contributed by atoms with E-state index in [1.165, 1.54) is 0 Å². The number of rotatable bonds is 4. The molecule has 1 atom stereocenters. The summed E-state index contributed by atoms with van der Waals surface area (Å²) in [7, 11) is 6.16. The molecular weight excluding hydrogens is 152 g/mol. The molecule has 0 rings (SSSR count). The number of amides is 1. The van der Waals surface area contributed by atoms with Gasteiger partial charge in [-0.15, -0.1) is 0 Å². The molecule has 1 amide bonds. The first-order chi connectivity index (χ1) is 5.37. The molecule has 0 aliphatic carbocycles. The molecule has 0 aromatic rings. The lowest BCUT2D eigenvalue weighted by Gasteiger charge is -2.24. The molecule has 0 bridgehead atoms. The first-order valence-corrected chi connectivity index (χ1v) is 4.45. The zero-order valence-electron chi connectivity index (χ0n) is 8.85. The zero-order valence-corrected chi connectivity index (χ0v) is 8.85. The van der Waals surface area contributed by atoms with E-state index in [4.69, 9.17) is 0 Å². The standard InChI is InChI=1S/C9H20N2O/c1-6-8(2)9(12)10-7-11(3,4)5/h8H,6-7H2,1-5H3/p+1. The third kappa shape index (κ3) is 5.13. The lowest BCUT2D eigenvalue weighted by molar-refractivity contribution is -0.872. The summed E-state index contributed by atoms with van der Waals surface area (Å²) in [4.78, 5) is 11.3. The first-order valence-electron chi connectivity index (χ1n) is 4.45. The minimum absolute atomic E-state index is 0.136. The van der Waals surface area contributed by atoms with E-state index < -0.39 is 0 Å². The van der Waals surface area contributed by atoms with Gasteiger partial charge in [-0.05, 0) is 6.42 Å². The van der Waals surface area contributed by atoms with E-state index in [9.17, 15) is 4.79 Å². The summed E-state index contributed by atoms with van der Waals surface area (Å²) >= 11 is 0. The molecule has 12 heavy (non-hydrogen) atoms. The lowest BCUT2D eigenvalue weighted by Crippen LogP contribution is -2.46. The Kier molecular flexibility index (Phi) is 4.24. The molecule has 72 valence electrons. The molecule has 0 saturated heterocycles. The molecule has 0 radical (unpaired) electrons. The van der Waals surface area contributed by atoms with E-state index in [2.05, 4.69) is 26.5 Å². The number of hydrogen-bond donors (Lipinski definition) is 1. The van der Waals surface area contributed by atoms with Gasteiger partial charge < -0.3 is 9.80 Å². The quantitative estimate of drug-likeness (QED) is 0.495. The second-order valence-electron chi connectivity index (χ2n) is 4.30. The van der Waals surface area contributed by atoms with Gasteiger partial charge in [0, 0.05) is 5.92 Å². The second-order valence-corrected chi connectivity index (χ2v) is 4.30. The van der Waals surface area contributed by atoms with Crippen molar-refractivity contribution in [1.82, 2.24) is 5.32 Å². The van der Waals surface area contributed by atoms with Crippen LogP contribution in [0.4, 0.5) is 0 Å². The average Bonchev–Trinajstić information content (AvgIpc) is 1.97. The van der Waals surface area contributed by atoms with Gasteiger partial charge in [-0.2, -0.15) is 0 Å². The van der Waals surface area contributed by atoms with Crippen molar-refractivity contribution in [1.29, 1.82) is 0 Å². The van der Waals surface area contributed by atoms with Crippen molar-refractivity contribution in [3.63, 3.8) is 0 Å². The predicted octanol–water partition coefficient (Wildman–Crippen LogP) is 0.812. The van der Waals surface area contributed by atoms with Gasteiger partial charge >= 0.3 is 0 Å². The number of hydrogen-bond acceptors (Lipinski definition) is 1. The third-order valence-electron chi connectivity index (χ3n) is 1.79. The highest BCUT2D eigenvalue weighted by atomic mass is 16.2. The maximum atomic E-state index is 11.3. The number of nitrogens with zero attached hydrogens (tertiary/aromatic N) is 1. The lowest BCUT2D eigenvalue weighted by atomic mass is 10.1. The van der Waals surface area contributed by atoms with Gasteiger partial charge in [-0.1, -0.05) is 13.8 Å². The van der Waals surface area contributed by atoms with Crippen molar-refractivity contribution in [2.24, 2.45) is 5.92 Å². The van der Waals surface area contributed by atoms with Crippen molar-refractivity contribution >= 4 is 5.91 Å². The SMILES string of the molecule is CCC(C)C(=O)NC[N+](C)(C)C. The Morgan fingerprint density at radius 2 is 1.92 bits per heavy atom. The summed E-state index contributed by atoms with van der Waals surface area (Å²) in [6.45, 7) is 4.67. The molecular formula is C9H21N2O+. The van der Waals surface area contributed by atoms with Crippen LogP contribution in [0.2, 0.25) is 0 Å². The number of quaternary nitrogens is 1. The minimum atomic E-state index is 0.136. The van der Waals surface area contributed by atoms with Crippen LogP contribution in [-0.4, -0.2) is 38.2 Å². The summed E-state index contributed by atoms with van der Waals surface area (Å²) in [5, 5.41) is 2.91. The first kappa shape index (κ1) is 11.4. The molecule has 0 aromatic carbocycles. The highest BCUT2D eigenvalue weighted by molar-refractivity contribution is 5.77. The Morgan fingerprint density at radius 3 is 2.25 bits per heavy atom. The van der Waals surface area contributed by atoms with Gasteiger partial charge in [-0.25, -0.2) is 0 Å². The van der Waals surface area contributed by atoms with Gasteiger partial charge in [0.05, 0.1) is 21.1 Å².